The van der Waals surface area contributed by atoms with E-state index in [1.165, 1.54) is 12.8 Å². The molecule has 0 bridgehead atoms. The molecule has 2 unspecified atom stereocenters. The highest BCUT2D eigenvalue weighted by atomic mass is 16.5. The zero-order chi connectivity index (χ0) is 14.7. The molecule has 0 aromatic carbocycles. The molecule has 3 rings (SSSR count). The lowest BCUT2D eigenvalue weighted by atomic mass is 9.85. The van der Waals surface area contributed by atoms with E-state index in [1.54, 1.807) is 0 Å². The van der Waals surface area contributed by atoms with Gasteiger partial charge in [0.25, 0.3) is 0 Å². The highest BCUT2D eigenvalue weighted by Gasteiger charge is 2.29. The number of aliphatic hydroxyl groups is 1. The van der Waals surface area contributed by atoms with Gasteiger partial charge in [-0.15, -0.1) is 0 Å². The van der Waals surface area contributed by atoms with Crippen molar-refractivity contribution in [3.63, 3.8) is 0 Å². The Kier molecular flexibility index (Phi) is 4.91. The van der Waals surface area contributed by atoms with E-state index in [4.69, 9.17) is 4.52 Å². The molecule has 2 aliphatic rings. The summed E-state index contributed by atoms with van der Waals surface area (Å²) in [6.45, 7) is 3.02. The van der Waals surface area contributed by atoms with Crippen LogP contribution in [0.3, 0.4) is 0 Å². The average Bonchev–Trinajstić information content (AvgIpc) is 3.14. The van der Waals surface area contributed by atoms with Gasteiger partial charge in [-0.1, -0.05) is 18.5 Å². The van der Waals surface area contributed by atoms with Crippen LogP contribution in [0.25, 0.3) is 0 Å². The van der Waals surface area contributed by atoms with E-state index in [9.17, 15) is 5.11 Å². The number of aliphatic hydroxyl groups excluding tert-OH is 1. The van der Waals surface area contributed by atoms with Crippen LogP contribution >= 0.6 is 0 Å². The molecule has 1 aromatic heterocycles. The standard InChI is InChI=1S/C16H27N3O2/c1-2-15-18-16(21-19-15)11-6-8-13(9-7-11)17-10-12-4-3-5-14(12)20/h11-14,17,20H,2-10H2,1H3. The second-order valence-corrected chi connectivity index (χ2v) is 6.62. The number of hydrogen-bond donors (Lipinski definition) is 2. The van der Waals surface area contributed by atoms with E-state index >= 15 is 0 Å². The molecule has 0 aliphatic heterocycles. The lowest BCUT2D eigenvalue weighted by molar-refractivity contribution is 0.128. The van der Waals surface area contributed by atoms with Gasteiger partial charge in [0.15, 0.2) is 5.82 Å². The van der Waals surface area contributed by atoms with Crippen LogP contribution in [-0.4, -0.2) is 33.9 Å². The van der Waals surface area contributed by atoms with Gasteiger partial charge in [0, 0.05) is 24.9 Å². The molecule has 2 fully saturated rings. The first-order valence-electron chi connectivity index (χ1n) is 8.50. The zero-order valence-electron chi connectivity index (χ0n) is 12.9. The summed E-state index contributed by atoms with van der Waals surface area (Å²) in [5.41, 5.74) is 0. The second kappa shape index (κ2) is 6.88. The van der Waals surface area contributed by atoms with Gasteiger partial charge in [-0.05, 0) is 44.4 Å². The molecule has 5 heteroatoms. The van der Waals surface area contributed by atoms with Gasteiger partial charge in [0.2, 0.25) is 5.89 Å². The molecule has 2 aliphatic carbocycles. The van der Waals surface area contributed by atoms with E-state index in [0.717, 1.165) is 56.8 Å². The monoisotopic (exact) mass is 293 g/mol. The van der Waals surface area contributed by atoms with Gasteiger partial charge in [-0.3, -0.25) is 0 Å². The molecular weight excluding hydrogens is 266 g/mol. The third kappa shape index (κ3) is 3.64. The van der Waals surface area contributed by atoms with Crippen molar-refractivity contribution in [1.29, 1.82) is 0 Å². The van der Waals surface area contributed by atoms with Crippen molar-refractivity contribution in [3.8, 4) is 0 Å². The van der Waals surface area contributed by atoms with Crippen molar-refractivity contribution in [1.82, 2.24) is 15.5 Å². The Labute approximate surface area is 126 Å². The number of hydrogen-bond acceptors (Lipinski definition) is 5. The molecule has 21 heavy (non-hydrogen) atoms. The number of nitrogens with zero attached hydrogens (tertiary/aromatic N) is 2. The summed E-state index contributed by atoms with van der Waals surface area (Å²) in [6.07, 6.45) is 8.66. The smallest absolute Gasteiger partial charge is 0.229 e. The molecule has 0 saturated heterocycles. The summed E-state index contributed by atoms with van der Waals surface area (Å²) in [4.78, 5) is 4.47. The molecule has 2 saturated carbocycles. The minimum atomic E-state index is -0.0836. The molecule has 1 aromatic rings. The predicted octanol–water partition coefficient (Wildman–Crippen LogP) is 2.41. The Hall–Kier alpha value is -0.940. The van der Waals surface area contributed by atoms with Crippen LogP contribution in [0.5, 0.6) is 0 Å². The SMILES string of the molecule is CCc1noc(C2CCC(NCC3CCCC3O)CC2)n1. The third-order valence-electron chi connectivity index (χ3n) is 5.16. The normalized spacial score (nSPS) is 33.4. The van der Waals surface area contributed by atoms with E-state index in [2.05, 4.69) is 15.5 Å². The molecule has 0 spiro atoms. The van der Waals surface area contributed by atoms with E-state index < -0.39 is 0 Å². The lowest BCUT2D eigenvalue weighted by Gasteiger charge is -2.28. The molecule has 118 valence electrons. The van der Waals surface area contributed by atoms with Crippen molar-refractivity contribution >= 4 is 0 Å². The van der Waals surface area contributed by atoms with Gasteiger partial charge in [0.1, 0.15) is 0 Å². The molecule has 1 heterocycles. The Bertz CT molecular complexity index is 440. The fourth-order valence-corrected chi connectivity index (χ4v) is 3.69. The second-order valence-electron chi connectivity index (χ2n) is 6.62. The lowest BCUT2D eigenvalue weighted by Crippen LogP contribution is -2.37. The third-order valence-corrected chi connectivity index (χ3v) is 5.16. The molecular formula is C16H27N3O2. The molecule has 2 N–H and O–H groups in total. The fourth-order valence-electron chi connectivity index (χ4n) is 3.69. The van der Waals surface area contributed by atoms with Crippen molar-refractivity contribution in [3.05, 3.63) is 11.7 Å². The zero-order valence-corrected chi connectivity index (χ0v) is 12.9. The van der Waals surface area contributed by atoms with Gasteiger partial charge >= 0.3 is 0 Å². The Morgan fingerprint density at radius 3 is 2.62 bits per heavy atom. The van der Waals surface area contributed by atoms with Crippen molar-refractivity contribution in [2.24, 2.45) is 5.92 Å². The average molecular weight is 293 g/mol. The van der Waals surface area contributed by atoms with E-state index in [1.807, 2.05) is 6.92 Å². The van der Waals surface area contributed by atoms with Crippen LogP contribution in [0.15, 0.2) is 4.52 Å². The van der Waals surface area contributed by atoms with Crippen LogP contribution in [0.4, 0.5) is 0 Å². The maximum Gasteiger partial charge on any atom is 0.229 e. The van der Waals surface area contributed by atoms with Gasteiger partial charge in [-0.25, -0.2) is 0 Å². The number of aromatic nitrogens is 2. The first-order valence-corrected chi connectivity index (χ1v) is 8.50. The molecule has 2 atom stereocenters. The number of nitrogens with one attached hydrogen (secondary N) is 1. The summed E-state index contributed by atoms with van der Waals surface area (Å²) in [7, 11) is 0. The summed E-state index contributed by atoms with van der Waals surface area (Å²) in [5.74, 6) is 2.55. The Balaban J connectivity index is 1.42. The maximum atomic E-state index is 9.87. The number of rotatable bonds is 5. The van der Waals surface area contributed by atoms with E-state index in [-0.39, 0.29) is 6.10 Å². The topological polar surface area (TPSA) is 71.2 Å². The first-order chi connectivity index (χ1) is 10.3. The molecule has 0 radical (unpaired) electrons. The van der Waals surface area contributed by atoms with Gasteiger partial charge in [0.05, 0.1) is 6.10 Å². The van der Waals surface area contributed by atoms with Crippen molar-refractivity contribution in [2.75, 3.05) is 6.54 Å². The summed E-state index contributed by atoms with van der Waals surface area (Å²) in [5, 5.41) is 17.5. The highest BCUT2D eigenvalue weighted by Crippen LogP contribution is 2.32. The maximum absolute atomic E-state index is 9.87. The van der Waals surface area contributed by atoms with Crippen LogP contribution in [-0.2, 0) is 6.42 Å². The van der Waals surface area contributed by atoms with Crippen molar-refractivity contribution < 1.29 is 9.63 Å². The minimum Gasteiger partial charge on any atom is -0.393 e. The quantitative estimate of drug-likeness (QED) is 0.872. The largest absolute Gasteiger partial charge is 0.393 e. The van der Waals surface area contributed by atoms with Crippen molar-refractivity contribution in [2.45, 2.75) is 76.4 Å². The highest BCUT2D eigenvalue weighted by molar-refractivity contribution is 4.97. The fraction of sp³-hybridized carbons (Fsp3) is 0.875. The molecule has 0 amide bonds. The summed E-state index contributed by atoms with van der Waals surface area (Å²) >= 11 is 0. The van der Waals surface area contributed by atoms with E-state index in [0.29, 0.717) is 17.9 Å². The Morgan fingerprint density at radius 1 is 1.19 bits per heavy atom. The Morgan fingerprint density at radius 2 is 2.00 bits per heavy atom. The molecule has 5 nitrogen and oxygen atoms in total. The van der Waals surface area contributed by atoms with Gasteiger partial charge < -0.3 is 14.9 Å². The van der Waals surface area contributed by atoms with Crippen LogP contribution in [0.2, 0.25) is 0 Å². The minimum absolute atomic E-state index is 0.0836. The summed E-state index contributed by atoms with van der Waals surface area (Å²) < 4.78 is 5.37. The summed E-state index contributed by atoms with van der Waals surface area (Å²) in [6, 6.07) is 0.586. The van der Waals surface area contributed by atoms with Crippen LogP contribution in [0, 0.1) is 5.92 Å². The van der Waals surface area contributed by atoms with Crippen LogP contribution in [0.1, 0.15) is 69.5 Å². The number of aryl methyl sites for hydroxylation is 1. The first kappa shape index (κ1) is 15.0. The van der Waals surface area contributed by atoms with Gasteiger partial charge in [-0.2, -0.15) is 4.98 Å². The predicted molar refractivity (Wildman–Crippen MR) is 80.0 cm³/mol. The van der Waals surface area contributed by atoms with Crippen LogP contribution < -0.4 is 5.32 Å².